The number of hydrogen-bond donors (Lipinski definition) is 1. The number of carbonyl (C=O) groups excluding carboxylic acids is 2. The van der Waals surface area contributed by atoms with Gasteiger partial charge in [-0.2, -0.15) is 0 Å². The third-order valence-electron chi connectivity index (χ3n) is 5.43. The van der Waals surface area contributed by atoms with Crippen molar-refractivity contribution in [2.24, 2.45) is 0 Å². The van der Waals surface area contributed by atoms with Gasteiger partial charge in [0.1, 0.15) is 0 Å². The van der Waals surface area contributed by atoms with Crippen LogP contribution in [0.2, 0.25) is 0 Å². The fraction of sp³-hybridized carbons (Fsp3) is 0.280. The summed E-state index contributed by atoms with van der Waals surface area (Å²) in [5, 5.41) is 7.29. The molecule has 3 aromatic heterocycles. The topological polar surface area (TPSA) is 94.3 Å². The van der Waals surface area contributed by atoms with Gasteiger partial charge < -0.3 is 14.6 Å². The Bertz CT molecular complexity index is 1380. The number of carbonyl (C=O) groups is 2. The molecule has 7 nitrogen and oxygen atoms in total. The summed E-state index contributed by atoms with van der Waals surface area (Å²) in [7, 11) is 0. The lowest BCUT2D eigenvalue weighted by Gasteiger charge is -2.13. The second-order valence-corrected chi connectivity index (χ2v) is 9.69. The van der Waals surface area contributed by atoms with Crippen LogP contribution in [-0.4, -0.2) is 28.6 Å². The minimum atomic E-state index is -0.632. The molecule has 170 valence electrons. The number of esters is 1. The zero-order chi connectivity index (χ0) is 23.9. The Morgan fingerprint density at radius 1 is 1.03 bits per heavy atom. The van der Waals surface area contributed by atoms with Crippen molar-refractivity contribution >= 4 is 40.0 Å². The van der Waals surface area contributed by atoms with E-state index >= 15 is 0 Å². The quantitative estimate of drug-likeness (QED) is 0.387. The first-order valence-corrected chi connectivity index (χ1v) is 11.3. The maximum Gasteiger partial charge on any atom is 0.339 e. The minimum absolute atomic E-state index is 0.260. The summed E-state index contributed by atoms with van der Waals surface area (Å²) in [5.74, 6) is -1.04. The Morgan fingerprint density at radius 3 is 2.36 bits per heavy atom. The molecule has 3 heterocycles. The molecule has 0 aliphatic rings. The summed E-state index contributed by atoms with van der Waals surface area (Å²) >= 11 is 1.65. The highest BCUT2D eigenvalue weighted by Crippen LogP contribution is 2.33. The second-order valence-electron chi connectivity index (χ2n) is 8.23. The molecule has 1 aromatic carbocycles. The van der Waals surface area contributed by atoms with E-state index in [1.54, 1.807) is 24.3 Å². The molecule has 0 saturated carbocycles. The molecular weight excluding hydrogens is 438 g/mol. The van der Waals surface area contributed by atoms with Crippen LogP contribution in [0.15, 0.2) is 28.8 Å². The highest BCUT2D eigenvalue weighted by Gasteiger charge is 2.22. The van der Waals surface area contributed by atoms with Gasteiger partial charge in [-0.1, -0.05) is 22.9 Å². The predicted molar refractivity (Wildman–Crippen MR) is 129 cm³/mol. The molecule has 0 radical (unpaired) electrons. The summed E-state index contributed by atoms with van der Waals surface area (Å²) in [6, 6.07) is 7.68. The third-order valence-corrected chi connectivity index (χ3v) is 6.40. The lowest BCUT2D eigenvalue weighted by Crippen LogP contribution is -2.22. The molecule has 33 heavy (non-hydrogen) atoms. The predicted octanol–water partition coefficient (Wildman–Crippen LogP) is 5.60. The van der Waals surface area contributed by atoms with E-state index in [0.29, 0.717) is 16.8 Å². The molecule has 0 unspecified atom stereocenters. The van der Waals surface area contributed by atoms with E-state index in [9.17, 15) is 9.59 Å². The monoisotopic (exact) mass is 463 g/mol. The first-order valence-electron chi connectivity index (χ1n) is 10.5. The number of thiophene rings is 1. The molecule has 8 heteroatoms. The van der Waals surface area contributed by atoms with Crippen LogP contribution in [0.3, 0.4) is 0 Å². The summed E-state index contributed by atoms with van der Waals surface area (Å²) in [6.07, 6.45) is 0. The van der Waals surface area contributed by atoms with Crippen molar-refractivity contribution in [1.29, 1.82) is 0 Å². The zero-order valence-corrected chi connectivity index (χ0v) is 20.3. The molecular formula is C25H25N3O4S. The van der Waals surface area contributed by atoms with Crippen LogP contribution >= 0.6 is 11.3 Å². The second kappa shape index (κ2) is 8.78. The number of anilines is 1. The number of benzene rings is 1. The van der Waals surface area contributed by atoms with Gasteiger partial charge in [-0.15, -0.1) is 11.3 Å². The van der Waals surface area contributed by atoms with E-state index in [-0.39, 0.29) is 11.3 Å². The van der Waals surface area contributed by atoms with Gasteiger partial charge in [0.2, 0.25) is 0 Å². The molecule has 0 aliphatic heterocycles. The van der Waals surface area contributed by atoms with Crippen LogP contribution in [0, 0.1) is 41.5 Å². The normalized spacial score (nSPS) is 11.1. The summed E-state index contributed by atoms with van der Waals surface area (Å²) in [4.78, 5) is 32.3. The van der Waals surface area contributed by atoms with Crippen LogP contribution < -0.4 is 5.32 Å². The Kier molecular flexibility index (Phi) is 6.03. The van der Waals surface area contributed by atoms with E-state index in [0.717, 1.165) is 37.7 Å². The van der Waals surface area contributed by atoms with Gasteiger partial charge >= 0.3 is 5.97 Å². The number of fused-ring (bicyclic) bond motifs is 1. The highest BCUT2D eigenvalue weighted by molar-refractivity contribution is 7.12. The molecule has 0 fully saturated rings. The summed E-state index contributed by atoms with van der Waals surface area (Å²) < 4.78 is 10.7. The van der Waals surface area contributed by atoms with E-state index < -0.39 is 18.5 Å². The van der Waals surface area contributed by atoms with Crippen molar-refractivity contribution in [3.05, 3.63) is 62.0 Å². The molecule has 0 saturated heterocycles. The first kappa shape index (κ1) is 22.7. The van der Waals surface area contributed by atoms with E-state index in [1.807, 2.05) is 52.8 Å². The molecule has 0 atom stereocenters. The molecule has 0 bridgehead atoms. The average Bonchev–Trinajstić information content (AvgIpc) is 3.29. The van der Waals surface area contributed by atoms with Crippen LogP contribution in [0.1, 0.15) is 42.5 Å². The van der Waals surface area contributed by atoms with Gasteiger partial charge in [0, 0.05) is 21.0 Å². The molecule has 0 spiro atoms. The van der Waals surface area contributed by atoms with Gasteiger partial charge in [-0.05, 0) is 64.8 Å². The maximum absolute atomic E-state index is 13.0. The fourth-order valence-electron chi connectivity index (χ4n) is 4.04. The molecule has 1 N–H and O–H groups in total. The Hall–Kier alpha value is -3.52. The number of rotatable bonds is 5. The largest absolute Gasteiger partial charge is 0.452 e. The van der Waals surface area contributed by atoms with Crippen molar-refractivity contribution < 1.29 is 18.8 Å². The van der Waals surface area contributed by atoms with Crippen LogP contribution in [-0.2, 0) is 9.53 Å². The number of aromatic nitrogens is 2. The van der Waals surface area contributed by atoms with E-state index in [4.69, 9.17) is 9.26 Å². The van der Waals surface area contributed by atoms with Crippen LogP contribution in [0.25, 0.3) is 22.4 Å². The number of pyridine rings is 1. The van der Waals surface area contributed by atoms with Crippen molar-refractivity contribution in [1.82, 2.24) is 10.1 Å². The van der Waals surface area contributed by atoms with Gasteiger partial charge in [-0.25, -0.2) is 9.78 Å². The Labute approximate surface area is 195 Å². The summed E-state index contributed by atoms with van der Waals surface area (Å²) in [5.41, 5.74) is 6.34. The minimum Gasteiger partial charge on any atom is -0.452 e. The van der Waals surface area contributed by atoms with Gasteiger partial charge in [-0.3, -0.25) is 4.79 Å². The standard InChI is InChI=1S/C25H25N3O4S/c1-12-7-13(2)23(14(3)8-12)27-21(29)11-31-25(30)19-10-20(18-9-15(4)33-17(18)6)26-24-22(19)16(5)28-32-24/h7-10H,11H2,1-6H3,(H,27,29). The SMILES string of the molecule is Cc1cc(C)c(NC(=O)COC(=O)c2cc(-c3cc(C)sc3C)nc3onc(C)c23)c(C)c1. The number of amides is 1. The van der Waals surface area contributed by atoms with Crippen LogP contribution in [0.5, 0.6) is 0 Å². The smallest absolute Gasteiger partial charge is 0.339 e. The van der Waals surface area contributed by atoms with Crippen LogP contribution in [0.4, 0.5) is 5.69 Å². The Morgan fingerprint density at radius 2 is 1.73 bits per heavy atom. The average molecular weight is 464 g/mol. The highest BCUT2D eigenvalue weighted by atomic mass is 32.1. The lowest BCUT2D eigenvalue weighted by atomic mass is 10.1. The number of nitrogens with one attached hydrogen (secondary N) is 1. The van der Waals surface area contributed by atoms with E-state index in [2.05, 4.69) is 15.5 Å². The van der Waals surface area contributed by atoms with Gasteiger partial charge in [0.05, 0.1) is 22.3 Å². The maximum atomic E-state index is 13.0. The van der Waals surface area contributed by atoms with Gasteiger partial charge in [0.15, 0.2) is 6.61 Å². The number of hydrogen-bond acceptors (Lipinski definition) is 7. The van der Waals surface area contributed by atoms with Crippen molar-refractivity contribution in [2.45, 2.75) is 41.5 Å². The van der Waals surface area contributed by atoms with E-state index in [1.165, 1.54) is 0 Å². The molecule has 0 aliphatic carbocycles. The number of aryl methyl sites for hydroxylation is 6. The van der Waals surface area contributed by atoms with Crippen molar-refractivity contribution in [3.8, 4) is 11.3 Å². The number of nitrogens with zero attached hydrogens (tertiary/aromatic N) is 2. The van der Waals surface area contributed by atoms with Crippen molar-refractivity contribution in [3.63, 3.8) is 0 Å². The van der Waals surface area contributed by atoms with Crippen molar-refractivity contribution in [2.75, 3.05) is 11.9 Å². The fourth-order valence-corrected chi connectivity index (χ4v) is 4.97. The zero-order valence-electron chi connectivity index (χ0n) is 19.5. The molecule has 4 aromatic rings. The molecule has 1 amide bonds. The Balaban J connectivity index is 1.58. The third kappa shape index (κ3) is 4.52. The summed E-state index contributed by atoms with van der Waals surface area (Å²) in [6.45, 7) is 11.2. The molecule has 4 rings (SSSR count). The number of ether oxygens (including phenoxy) is 1. The van der Waals surface area contributed by atoms with Gasteiger partial charge in [0.25, 0.3) is 11.6 Å². The lowest BCUT2D eigenvalue weighted by molar-refractivity contribution is -0.119. The first-order chi connectivity index (χ1) is 15.6.